The second-order valence-electron chi connectivity index (χ2n) is 11.3. The van der Waals surface area contributed by atoms with Gasteiger partial charge in [-0.1, -0.05) is 0 Å². The standard InChI is InChI=1S/C27H36FN5O4S/c1-18-17-31(24-7-6-21(16-22(24)28)38(3,36)37)14-15-32(18)26-29-13-10-23(30-26)25(34)33(19-4-5-19)20-8-11-27(2,35)12-9-20/h6-7,10,13,16,18-20,35H,4-5,8-9,11-12,14-15,17H2,1-3H3. The number of amides is 1. The average Bonchev–Trinajstić information content (AvgIpc) is 3.70. The van der Waals surface area contributed by atoms with Gasteiger partial charge in [0.1, 0.15) is 11.5 Å². The Kier molecular flexibility index (Phi) is 7.10. The van der Waals surface area contributed by atoms with Crippen LogP contribution in [-0.4, -0.2) is 83.9 Å². The number of piperazine rings is 1. The van der Waals surface area contributed by atoms with Crippen LogP contribution in [0.1, 0.15) is 62.9 Å². The van der Waals surface area contributed by atoms with Gasteiger partial charge in [0.25, 0.3) is 5.91 Å². The summed E-state index contributed by atoms with van der Waals surface area (Å²) in [5, 5.41) is 10.4. The number of nitrogens with zero attached hydrogens (tertiary/aromatic N) is 5. The molecular weight excluding hydrogens is 509 g/mol. The van der Waals surface area contributed by atoms with Crippen LogP contribution >= 0.6 is 0 Å². The van der Waals surface area contributed by atoms with Crippen LogP contribution in [0, 0.1) is 5.82 Å². The zero-order valence-corrected chi connectivity index (χ0v) is 23.0. The Morgan fingerprint density at radius 2 is 1.82 bits per heavy atom. The lowest BCUT2D eigenvalue weighted by molar-refractivity contribution is -0.00507. The Labute approximate surface area is 223 Å². The molecule has 2 aromatic rings. The molecule has 1 saturated heterocycles. The van der Waals surface area contributed by atoms with Gasteiger partial charge >= 0.3 is 0 Å². The van der Waals surface area contributed by atoms with Crippen molar-refractivity contribution in [1.82, 2.24) is 14.9 Å². The summed E-state index contributed by atoms with van der Waals surface area (Å²) in [4.78, 5) is 28.6. The molecule has 3 aliphatic rings. The fourth-order valence-corrected chi connectivity index (χ4v) is 6.30. The van der Waals surface area contributed by atoms with Gasteiger partial charge in [0, 0.05) is 50.2 Å². The molecule has 2 heterocycles. The molecule has 1 atom stereocenters. The van der Waals surface area contributed by atoms with E-state index in [4.69, 9.17) is 0 Å². The Morgan fingerprint density at radius 3 is 2.42 bits per heavy atom. The average molecular weight is 546 g/mol. The van der Waals surface area contributed by atoms with Crippen LogP contribution < -0.4 is 9.80 Å². The molecule has 1 amide bonds. The second kappa shape index (κ2) is 10.1. The van der Waals surface area contributed by atoms with Crippen LogP contribution in [0.5, 0.6) is 0 Å². The van der Waals surface area contributed by atoms with Crippen LogP contribution in [0.3, 0.4) is 0 Å². The Hall–Kier alpha value is -2.79. The molecule has 9 nitrogen and oxygen atoms in total. The summed E-state index contributed by atoms with van der Waals surface area (Å²) in [6.45, 7) is 5.38. The quantitative estimate of drug-likeness (QED) is 0.591. The third kappa shape index (κ3) is 5.63. The molecule has 0 bridgehead atoms. The third-order valence-corrected chi connectivity index (χ3v) is 9.15. The summed E-state index contributed by atoms with van der Waals surface area (Å²) in [5.41, 5.74) is 0.0740. The van der Waals surface area contributed by atoms with Crippen LogP contribution in [0.2, 0.25) is 0 Å². The molecule has 1 aliphatic heterocycles. The maximum absolute atomic E-state index is 14.8. The van der Waals surface area contributed by atoms with E-state index in [2.05, 4.69) is 9.97 Å². The van der Waals surface area contributed by atoms with Gasteiger partial charge in [-0.05, 0) is 76.6 Å². The first-order valence-corrected chi connectivity index (χ1v) is 15.2. The largest absolute Gasteiger partial charge is 0.390 e. The van der Waals surface area contributed by atoms with Crippen molar-refractivity contribution in [3.63, 3.8) is 0 Å². The molecule has 206 valence electrons. The van der Waals surface area contributed by atoms with Crippen molar-refractivity contribution < 1.29 is 22.7 Å². The van der Waals surface area contributed by atoms with E-state index >= 15 is 0 Å². The van der Waals surface area contributed by atoms with E-state index in [-0.39, 0.29) is 28.9 Å². The lowest BCUT2D eigenvalue weighted by atomic mass is 9.83. The minimum atomic E-state index is -3.49. The van der Waals surface area contributed by atoms with E-state index in [1.165, 1.54) is 12.1 Å². The number of sulfone groups is 1. The van der Waals surface area contributed by atoms with Crippen LogP contribution in [0.25, 0.3) is 0 Å². The maximum Gasteiger partial charge on any atom is 0.273 e. The SMILES string of the molecule is CC1CN(c2ccc(S(C)(=O)=O)cc2F)CCN1c1nccc(C(=O)N(C2CC2)C2CCC(C)(O)CC2)n1. The number of benzene rings is 1. The first-order chi connectivity index (χ1) is 17.9. The molecule has 0 spiro atoms. The summed E-state index contributed by atoms with van der Waals surface area (Å²) < 4.78 is 38.3. The predicted molar refractivity (Wildman–Crippen MR) is 143 cm³/mol. The molecular formula is C27H36FN5O4S. The van der Waals surface area contributed by atoms with E-state index in [1.54, 1.807) is 12.3 Å². The smallest absolute Gasteiger partial charge is 0.273 e. The van der Waals surface area contributed by atoms with Crippen LogP contribution in [-0.2, 0) is 9.84 Å². The molecule has 1 aromatic heterocycles. The van der Waals surface area contributed by atoms with Gasteiger partial charge in [-0.3, -0.25) is 4.79 Å². The maximum atomic E-state index is 14.8. The van der Waals surface area contributed by atoms with Crippen molar-refractivity contribution in [3.8, 4) is 0 Å². The number of anilines is 2. The molecule has 2 saturated carbocycles. The minimum absolute atomic E-state index is 0.0424. The van der Waals surface area contributed by atoms with Crippen molar-refractivity contribution in [2.45, 2.75) is 81.0 Å². The molecule has 38 heavy (non-hydrogen) atoms. The van der Waals surface area contributed by atoms with Crippen LogP contribution in [0.4, 0.5) is 16.0 Å². The highest BCUT2D eigenvalue weighted by Crippen LogP contribution is 2.37. The van der Waals surface area contributed by atoms with Gasteiger partial charge in [0.15, 0.2) is 9.84 Å². The first-order valence-electron chi connectivity index (χ1n) is 13.3. The topological polar surface area (TPSA) is 107 Å². The highest BCUT2D eigenvalue weighted by Gasteiger charge is 2.41. The molecule has 11 heteroatoms. The van der Waals surface area contributed by atoms with Crippen molar-refractivity contribution in [1.29, 1.82) is 0 Å². The molecule has 0 radical (unpaired) electrons. The number of halogens is 1. The molecule has 5 rings (SSSR count). The summed E-state index contributed by atoms with van der Waals surface area (Å²) in [6.07, 6.45) is 7.61. The monoisotopic (exact) mass is 545 g/mol. The Bertz CT molecular complexity index is 1310. The summed E-state index contributed by atoms with van der Waals surface area (Å²) in [6, 6.07) is 5.96. The molecule has 1 aromatic carbocycles. The summed E-state index contributed by atoms with van der Waals surface area (Å²) in [7, 11) is -3.49. The van der Waals surface area contributed by atoms with E-state index in [0.29, 0.717) is 49.8 Å². The lowest BCUT2D eigenvalue weighted by Gasteiger charge is -2.41. The van der Waals surface area contributed by atoms with E-state index in [9.17, 15) is 22.7 Å². The number of hydrogen-bond donors (Lipinski definition) is 1. The molecule has 3 fully saturated rings. The van der Waals surface area contributed by atoms with Crippen molar-refractivity contribution in [3.05, 3.63) is 42.0 Å². The van der Waals surface area contributed by atoms with Gasteiger partial charge in [-0.2, -0.15) is 0 Å². The Balaban J connectivity index is 1.29. The summed E-state index contributed by atoms with van der Waals surface area (Å²) >= 11 is 0. The predicted octanol–water partition coefficient (Wildman–Crippen LogP) is 3.03. The van der Waals surface area contributed by atoms with E-state index in [1.807, 2.05) is 28.5 Å². The highest BCUT2D eigenvalue weighted by atomic mass is 32.2. The van der Waals surface area contributed by atoms with Gasteiger partial charge < -0.3 is 19.8 Å². The number of aromatic nitrogens is 2. The molecule has 1 unspecified atom stereocenters. The number of carbonyl (C=O) groups excluding carboxylic acids is 1. The van der Waals surface area contributed by atoms with Gasteiger partial charge in [-0.15, -0.1) is 0 Å². The highest BCUT2D eigenvalue weighted by molar-refractivity contribution is 7.90. The number of carbonyl (C=O) groups is 1. The van der Waals surface area contributed by atoms with E-state index in [0.717, 1.165) is 38.0 Å². The van der Waals surface area contributed by atoms with Crippen molar-refractivity contribution in [2.75, 3.05) is 35.7 Å². The number of rotatable bonds is 6. The molecule has 1 N–H and O–H groups in total. The van der Waals surface area contributed by atoms with E-state index < -0.39 is 21.3 Å². The molecule has 2 aliphatic carbocycles. The normalized spacial score (nSPS) is 26.3. The number of hydrogen-bond acceptors (Lipinski definition) is 8. The van der Waals surface area contributed by atoms with Gasteiger partial charge in [-0.25, -0.2) is 22.8 Å². The third-order valence-electron chi connectivity index (χ3n) is 8.03. The van der Waals surface area contributed by atoms with Gasteiger partial charge in [0.05, 0.1) is 16.2 Å². The van der Waals surface area contributed by atoms with Gasteiger partial charge in [0.2, 0.25) is 5.95 Å². The van der Waals surface area contributed by atoms with Crippen LogP contribution in [0.15, 0.2) is 35.4 Å². The zero-order valence-electron chi connectivity index (χ0n) is 22.2. The zero-order chi connectivity index (χ0) is 27.2. The fraction of sp³-hybridized carbons (Fsp3) is 0.593. The van der Waals surface area contributed by atoms with Crippen molar-refractivity contribution >= 4 is 27.4 Å². The number of aliphatic hydroxyl groups is 1. The lowest BCUT2D eigenvalue weighted by Crippen LogP contribution is -2.53. The fourth-order valence-electron chi connectivity index (χ4n) is 5.67. The Morgan fingerprint density at radius 1 is 1.13 bits per heavy atom. The van der Waals surface area contributed by atoms with Crippen molar-refractivity contribution in [2.24, 2.45) is 0 Å². The second-order valence-corrected chi connectivity index (χ2v) is 13.3. The summed E-state index contributed by atoms with van der Waals surface area (Å²) in [5.74, 6) is -0.179. The first kappa shape index (κ1) is 26.8. The minimum Gasteiger partial charge on any atom is -0.390 e.